The average molecular weight is 318 g/mol. The van der Waals surface area contributed by atoms with Crippen molar-refractivity contribution >= 4 is 17.3 Å². The Morgan fingerprint density at radius 3 is 2.57 bits per heavy atom. The fourth-order valence-corrected chi connectivity index (χ4v) is 2.03. The standard InChI is InChI=1S/C16H22N4O3/c1-4-11(9-21)19-15-8-16(18-10-17-15)20-13-6-5-12(22-2)7-14(13)23-3/h5-8,10-11,21H,4,9H2,1-3H3,(H2,17,18,19,20)/t11-/m0/s1. The van der Waals surface area contributed by atoms with Crippen LogP contribution >= 0.6 is 0 Å². The van der Waals surface area contributed by atoms with Gasteiger partial charge in [0.05, 0.1) is 32.6 Å². The lowest BCUT2D eigenvalue weighted by Gasteiger charge is -2.16. The third-order valence-electron chi connectivity index (χ3n) is 3.40. The van der Waals surface area contributed by atoms with E-state index in [-0.39, 0.29) is 12.6 Å². The van der Waals surface area contributed by atoms with E-state index in [2.05, 4.69) is 20.6 Å². The number of aromatic nitrogens is 2. The van der Waals surface area contributed by atoms with Gasteiger partial charge in [0.25, 0.3) is 0 Å². The van der Waals surface area contributed by atoms with Crippen LogP contribution in [0.2, 0.25) is 0 Å². The molecule has 0 fully saturated rings. The molecule has 3 N–H and O–H groups in total. The van der Waals surface area contributed by atoms with Gasteiger partial charge in [-0.1, -0.05) is 6.92 Å². The number of benzene rings is 1. The smallest absolute Gasteiger partial charge is 0.146 e. The maximum absolute atomic E-state index is 9.26. The van der Waals surface area contributed by atoms with Crippen LogP contribution in [0.3, 0.4) is 0 Å². The summed E-state index contributed by atoms with van der Waals surface area (Å²) >= 11 is 0. The van der Waals surface area contributed by atoms with Crippen LogP contribution in [0.1, 0.15) is 13.3 Å². The highest BCUT2D eigenvalue weighted by Gasteiger charge is 2.09. The first-order valence-electron chi connectivity index (χ1n) is 7.38. The molecule has 1 aromatic carbocycles. The molecule has 7 heteroatoms. The number of nitrogens with one attached hydrogen (secondary N) is 2. The largest absolute Gasteiger partial charge is 0.497 e. The van der Waals surface area contributed by atoms with Crippen molar-refractivity contribution in [3.63, 3.8) is 0 Å². The molecular formula is C16H22N4O3. The minimum Gasteiger partial charge on any atom is -0.497 e. The molecular weight excluding hydrogens is 296 g/mol. The van der Waals surface area contributed by atoms with Crippen molar-refractivity contribution in [1.82, 2.24) is 9.97 Å². The third-order valence-corrected chi connectivity index (χ3v) is 3.40. The topological polar surface area (TPSA) is 88.5 Å². The van der Waals surface area contributed by atoms with Gasteiger partial charge in [-0.05, 0) is 18.6 Å². The first-order chi connectivity index (χ1) is 11.2. The molecule has 0 amide bonds. The van der Waals surface area contributed by atoms with Gasteiger partial charge in [0, 0.05) is 12.1 Å². The zero-order chi connectivity index (χ0) is 16.7. The molecule has 2 rings (SSSR count). The summed E-state index contributed by atoms with van der Waals surface area (Å²) in [7, 11) is 3.20. The van der Waals surface area contributed by atoms with Gasteiger partial charge in [0.1, 0.15) is 29.5 Å². The Kier molecular flexibility index (Phi) is 5.99. The Bertz CT molecular complexity index is 632. The molecule has 0 aliphatic rings. The lowest BCUT2D eigenvalue weighted by Crippen LogP contribution is -2.23. The number of hydrogen-bond donors (Lipinski definition) is 3. The molecule has 0 saturated carbocycles. The predicted octanol–water partition coefficient (Wildman–Crippen LogP) is 2.42. The number of aliphatic hydroxyl groups excluding tert-OH is 1. The first kappa shape index (κ1) is 16.8. The second-order valence-electron chi connectivity index (χ2n) is 4.91. The summed E-state index contributed by atoms with van der Waals surface area (Å²) in [6, 6.07) is 7.23. The van der Waals surface area contributed by atoms with Crippen LogP contribution in [0.4, 0.5) is 17.3 Å². The molecule has 0 saturated heterocycles. The molecule has 0 radical (unpaired) electrons. The van der Waals surface area contributed by atoms with Crippen LogP contribution in [-0.4, -0.2) is 41.9 Å². The van der Waals surface area contributed by atoms with Crippen LogP contribution < -0.4 is 20.1 Å². The van der Waals surface area contributed by atoms with E-state index in [0.717, 1.165) is 12.1 Å². The van der Waals surface area contributed by atoms with E-state index < -0.39 is 0 Å². The highest BCUT2D eigenvalue weighted by atomic mass is 16.5. The molecule has 1 aromatic heterocycles. The van der Waals surface area contributed by atoms with E-state index in [4.69, 9.17) is 9.47 Å². The summed E-state index contributed by atoms with van der Waals surface area (Å²) in [6.45, 7) is 2.05. The molecule has 1 atom stereocenters. The van der Waals surface area contributed by atoms with Gasteiger partial charge in [0.2, 0.25) is 0 Å². The highest BCUT2D eigenvalue weighted by Crippen LogP contribution is 2.31. The molecule has 0 aliphatic heterocycles. The predicted molar refractivity (Wildman–Crippen MR) is 89.6 cm³/mol. The van der Waals surface area contributed by atoms with Crippen LogP contribution in [0.15, 0.2) is 30.6 Å². The number of methoxy groups -OCH3 is 2. The lowest BCUT2D eigenvalue weighted by atomic mass is 10.2. The van der Waals surface area contributed by atoms with Crippen molar-refractivity contribution in [3.05, 3.63) is 30.6 Å². The Labute approximate surface area is 135 Å². The molecule has 1 heterocycles. The lowest BCUT2D eigenvalue weighted by molar-refractivity contribution is 0.271. The fourth-order valence-electron chi connectivity index (χ4n) is 2.03. The normalized spacial score (nSPS) is 11.7. The number of anilines is 3. The van der Waals surface area contributed by atoms with E-state index in [1.807, 2.05) is 19.1 Å². The van der Waals surface area contributed by atoms with Gasteiger partial charge < -0.3 is 25.2 Å². The fraction of sp³-hybridized carbons (Fsp3) is 0.375. The summed E-state index contributed by atoms with van der Waals surface area (Å²) in [4.78, 5) is 8.36. The maximum Gasteiger partial charge on any atom is 0.146 e. The third kappa shape index (κ3) is 4.46. The SMILES string of the molecule is CC[C@@H](CO)Nc1cc(Nc2ccc(OC)cc2OC)ncn1. The Morgan fingerprint density at radius 1 is 1.13 bits per heavy atom. The van der Waals surface area contributed by atoms with Crippen molar-refractivity contribution in [2.45, 2.75) is 19.4 Å². The van der Waals surface area contributed by atoms with Crippen LogP contribution in [-0.2, 0) is 0 Å². The van der Waals surface area contributed by atoms with Crippen molar-refractivity contribution in [3.8, 4) is 11.5 Å². The molecule has 0 bridgehead atoms. The molecule has 0 spiro atoms. The van der Waals surface area contributed by atoms with Crippen molar-refractivity contribution in [1.29, 1.82) is 0 Å². The van der Waals surface area contributed by atoms with Gasteiger partial charge >= 0.3 is 0 Å². The van der Waals surface area contributed by atoms with Gasteiger partial charge in [0.15, 0.2) is 0 Å². The molecule has 0 aliphatic carbocycles. The second-order valence-corrected chi connectivity index (χ2v) is 4.91. The number of ether oxygens (including phenoxy) is 2. The van der Waals surface area contributed by atoms with Crippen LogP contribution in [0.5, 0.6) is 11.5 Å². The van der Waals surface area contributed by atoms with Crippen LogP contribution in [0, 0.1) is 0 Å². The van der Waals surface area contributed by atoms with Gasteiger partial charge in [-0.3, -0.25) is 0 Å². The summed E-state index contributed by atoms with van der Waals surface area (Å²) in [5.41, 5.74) is 0.771. The molecule has 2 aromatic rings. The van der Waals surface area contributed by atoms with E-state index >= 15 is 0 Å². The number of nitrogens with zero attached hydrogens (tertiary/aromatic N) is 2. The van der Waals surface area contributed by atoms with Crippen LogP contribution in [0.25, 0.3) is 0 Å². The Morgan fingerprint density at radius 2 is 1.91 bits per heavy atom. The maximum atomic E-state index is 9.26. The van der Waals surface area contributed by atoms with Gasteiger partial charge in [-0.25, -0.2) is 9.97 Å². The van der Waals surface area contributed by atoms with Crippen molar-refractivity contribution in [2.75, 3.05) is 31.5 Å². The zero-order valence-electron chi connectivity index (χ0n) is 13.5. The quantitative estimate of drug-likeness (QED) is 0.689. The minimum absolute atomic E-state index is 0.0340. The van der Waals surface area contributed by atoms with Crippen molar-refractivity contribution in [2.24, 2.45) is 0 Å². The Balaban J connectivity index is 2.17. The molecule has 7 nitrogen and oxygen atoms in total. The van der Waals surface area contributed by atoms with E-state index in [0.29, 0.717) is 23.1 Å². The summed E-state index contributed by atoms with van der Waals surface area (Å²) < 4.78 is 10.5. The highest BCUT2D eigenvalue weighted by molar-refractivity contribution is 5.66. The summed E-state index contributed by atoms with van der Waals surface area (Å²) in [5.74, 6) is 2.64. The van der Waals surface area contributed by atoms with Crippen molar-refractivity contribution < 1.29 is 14.6 Å². The zero-order valence-corrected chi connectivity index (χ0v) is 13.5. The van der Waals surface area contributed by atoms with Gasteiger partial charge in [-0.15, -0.1) is 0 Å². The first-order valence-corrected chi connectivity index (χ1v) is 7.38. The second kappa shape index (κ2) is 8.19. The van der Waals surface area contributed by atoms with E-state index in [1.165, 1.54) is 6.33 Å². The van der Waals surface area contributed by atoms with E-state index in [9.17, 15) is 5.11 Å². The average Bonchev–Trinajstić information content (AvgIpc) is 2.60. The van der Waals surface area contributed by atoms with E-state index in [1.54, 1.807) is 26.4 Å². The molecule has 124 valence electrons. The number of hydrogen-bond acceptors (Lipinski definition) is 7. The molecule has 23 heavy (non-hydrogen) atoms. The van der Waals surface area contributed by atoms with Gasteiger partial charge in [-0.2, -0.15) is 0 Å². The number of rotatable bonds is 8. The monoisotopic (exact) mass is 318 g/mol. The minimum atomic E-state index is -0.0340. The summed E-state index contributed by atoms with van der Waals surface area (Å²) in [6.07, 6.45) is 2.26. The number of aliphatic hydroxyl groups is 1. The molecule has 0 unspecified atom stereocenters. The Hall–Kier alpha value is -2.54. The summed E-state index contributed by atoms with van der Waals surface area (Å²) in [5, 5.41) is 15.6.